The number of aromatic nitrogens is 2. The molecule has 1 aliphatic rings. The molecule has 0 bridgehead atoms. The summed E-state index contributed by atoms with van der Waals surface area (Å²) in [6.07, 6.45) is 1.16. The summed E-state index contributed by atoms with van der Waals surface area (Å²) in [5, 5.41) is 13.0. The predicted octanol–water partition coefficient (Wildman–Crippen LogP) is -0.000700. The van der Waals surface area contributed by atoms with Crippen LogP contribution in [0.5, 0.6) is 0 Å². The number of hydrogen-bond acceptors (Lipinski definition) is 3. The normalized spacial score (nSPS) is 16.9. The first-order valence-electron chi connectivity index (χ1n) is 4.24. The average Bonchev–Trinajstić information content (AvgIpc) is 2.42. The molecule has 1 fully saturated rings. The summed E-state index contributed by atoms with van der Waals surface area (Å²) in [5.41, 5.74) is 0.541. The van der Waals surface area contributed by atoms with Gasteiger partial charge in [0.1, 0.15) is 4.60 Å². The maximum Gasteiger partial charge on any atom is 0.258 e. The molecular formula is C8H10BrN3O2. The van der Waals surface area contributed by atoms with E-state index in [4.69, 9.17) is 5.11 Å². The first kappa shape index (κ1) is 9.67. The Balaban J connectivity index is 2.16. The second-order valence-corrected chi connectivity index (χ2v) is 4.09. The Morgan fingerprint density at radius 1 is 1.71 bits per heavy atom. The lowest BCUT2D eigenvalue weighted by Gasteiger charge is -2.35. The number of amides is 1. The molecule has 0 saturated carbocycles. The molecule has 2 heterocycles. The molecule has 1 amide bonds. The smallest absolute Gasteiger partial charge is 0.258 e. The van der Waals surface area contributed by atoms with E-state index >= 15 is 0 Å². The van der Waals surface area contributed by atoms with Gasteiger partial charge in [-0.05, 0) is 15.9 Å². The molecule has 1 aromatic heterocycles. The topological polar surface area (TPSA) is 58.4 Å². The lowest BCUT2D eigenvalue weighted by molar-refractivity contribution is 0.00582. The molecule has 1 N–H and O–H groups in total. The Kier molecular flexibility index (Phi) is 2.32. The van der Waals surface area contributed by atoms with Crippen molar-refractivity contribution in [3.05, 3.63) is 16.4 Å². The second kappa shape index (κ2) is 3.36. The van der Waals surface area contributed by atoms with Crippen LogP contribution >= 0.6 is 15.9 Å². The molecule has 0 aromatic carbocycles. The molecule has 1 saturated heterocycles. The number of likely N-dealkylation sites (tertiary alicyclic amines) is 1. The fraction of sp³-hybridized carbons (Fsp3) is 0.500. The lowest BCUT2D eigenvalue weighted by atomic mass is 10.1. The fourth-order valence-corrected chi connectivity index (χ4v) is 1.72. The summed E-state index contributed by atoms with van der Waals surface area (Å²) in [6.45, 7) is 0.834. The molecule has 0 radical (unpaired) electrons. The van der Waals surface area contributed by atoms with Gasteiger partial charge in [0.15, 0.2) is 0 Å². The number of carbonyl (C=O) groups is 1. The van der Waals surface area contributed by atoms with Crippen molar-refractivity contribution >= 4 is 21.8 Å². The molecule has 2 rings (SSSR count). The molecule has 5 nitrogen and oxygen atoms in total. The Bertz CT molecular complexity index is 371. The minimum absolute atomic E-state index is 0.0877. The summed E-state index contributed by atoms with van der Waals surface area (Å²) in [5.74, 6) is -0.0877. The van der Waals surface area contributed by atoms with Crippen LogP contribution in [0, 0.1) is 0 Å². The van der Waals surface area contributed by atoms with Gasteiger partial charge in [0, 0.05) is 20.1 Å². The van der Waals surface area contributed by atoms with E-state index in [-0.39, 0.29) is 12.0 Å². The molecule has 76 valence electrons. The number of aliphatic hydroxyl groups is 1. The largest absolute Gasteiger partial charge is 0.389 e. The molecule has 1 aliphatic heterocycles. The zero-order valence-corrected chi connectivity index (χ0v) is 9.23. The number of β-amino-alcohol motifs (C(OH)–C–C–N with tert-alkyl or cyclic N) is 1. The van der Waals surface area contributed by atoms with Gasteiger partial charge in [0.25, 0.3) is 5.91 Å². The van der Waals surface area contributed by atoms with Crippen LogP contribution in [-0.2, 0) is 7.05 Å². The van der Waals surface area contributed by atoms with Crippen molar-refractivity contribution in [1.29, 1.82) is 0 Å². The van der Waals surface area contributed by atoms with E-state index in [0.717, 1.165) is 0 Å². The zero-order valence-electron chi connectivity index (χ0n) is 7.64. The molecular weight excluding hydrogens is 250 g/mol. The number of halogens is 1. The fourth-order valence-electron chi connectivity index (χ4n) is 1.36. The van der Waals surface area contributed by atoms with Crippen molar-refractivity contribution < 1.29 is 9.90 Å². The molecule has 6 heteroatoms. The standard InChI is InChI=1S/C8H10BrN3O2/c1-11-7(9)6(2-10-11)8(14)12-3-5(13)4-12/h2,5,13H,3-4H2,1H3. The molecule has 0 unspecified atom stereocenters. The third kappa shape index (κ3) is 1.44. The maximum atomic E-state index is 11.7. The quantitative estimate of drug-likeness (QED) is 0.773. The second-order valence-electron chi connectivity index (χ2n) is 3.34. The van der Waals surface area contributed by atoms with Crippen LogP contribution in [0.15, 0.2) is 10.8 Å². The summed E-state index contributed by atoms with van der Waals surface area (Å²) in [6, 6.07) is 0. The van der Waals surface area contributed by atoms with Crippen LogP contribution in [0.2, 0.25) is 0 Å². The molecule has 0 spiro atoms. The van der Waals surface area contributed by atoms with E-state index in [1.165, 1.54) is 6.20 Å². The highest BCUT2D eigenvalue weighted by Crippen LogP contribution is 2.19. The summed E-state index contributed by atoms with van der Waals surface area (Å²) < 4.78 is 2.26. The summed E-state index contributed by atoms with van der Waals surface area (Å²) in [7, 11) is 1.76. The van der Waals surface area contributed by atoms with Crippen LogP contribution in [0.4, 0.5) is 0 Å². The number of hydrogen-bond donors (Lipinski definition) is 1. The minimum Gasteiger partial charge on any atom is -0.389 e. The first-order chi connectivity index (χ1) is 6.59. The van der Waals surface area contributed by atoms with Gasteiger partial charge >= 0.3 is 0 Å². The Morgan fingerprint density at radius 2 is 2.36 bits per heavy atom. The van der Waals surface area contributed by atoms with Crippen molar-refractivity contribution in [2.75, 3.05) is 13.1 Å². The highest BCUT2D eigenvalue weighted by Gasteiger charge is 2.31. The molecule has 1 aromatic rings. The van der Waals surface area contributed by atoms with Gasteiger partial charge in [0.05, 0.1) is 17.9 Å². The van der Waals surface area contributed by atoms with Crippen molar-refractivity contribution in [2.24, 2.45) is 7.05 Å². The molecule has 0 aliphatic carbocycles. The van der Waals surface area contributed by atoms with Gasteiger partial charge < -0.3 is 10.0 Å². The third-order valence-corrected chi connectivity index (χ3v) is 3.19. The van der Waals surface area contributed by atoms with Gasteiger partial charge in [-0.25, -0.2) is 0 Å². The van der Waals surface area contributed by atoms with E-state index in [1.54, 1.807) is 16.6 Å². The van der Waals surface area contributed by atoms with E-state index in [1.807, 2.05) is 0 Å². The Labute approximate surface area is 89.4 Å². The van der Waals surface area contributed by atoms with Crippen LogP contribution in [0.1, 0.15) is 10.4 Å². The summed E-state index contributed by atoms with van der Waals surface area (Å²) >= 11 is 3.28. The number of aryl methyl sites for hydroxylation is 1. The highest BCUT2D eigenvalue weighted by atomic mass is 79.9. The van der Waals surface area contributed by atoms with Gasteiger partial charge in [-0.3, -0.25) is 9.48 Å². The van der Waals surface area contributed by atoms with Gasteiger partial charge in [-0.2, -0.15) is 5.10 Å². The van der Waals surface area contributed by atoms with E-state index < -0.39 is 0 Å². The molecule has 0 atom stereocenters. The van der Waals surface area contributed by atoms with E-state index in [9.17, 15) is 4.79 Å². The van der Waals surface area contributed by atoms with Gasteiger partial charge in [0.2, 0.25) is 0 Å². The number of rotatable bonds is 1. The van der Waals surface area contributed by atoms with Crippen LogP contribution in [0.25, 0.3) is 0 Å². The molecule has 14 heavy (non-hydrogen) atoms. The van der Waals surface area contributed by atoms with E-state index in [0.29, 0.717) is 23.3 Å². The van der Waals surface area contributed by atoms with Crippen LogP contribution in [0.3, 0.4) is 0 Å². The van der Waals surface area contributed by atoms with Crippen LogP contribution < -0.4 is 0 Å². The lowest BCUT2D eigenvalue weighted by Crippen LogP contribution is -2.53. The zero-order chi connectivity index (χ0) is 10.3. The number of carbonyl (C=O) groups excluding carboxylic acids is 1. The monoisotopic (exact) mass is 259 g/mol. The number of aliphatic hydroxyl groups excluding tert-OH is 1. The first-order valence-corrected chi connectivity index (χ1v) is 5.03. The van der Waals surface area contributed by atoms with E-state index in [2.05, 4.69) is 21.0 Å². The SMILES string of the molecule is Cn1ncc(C(=O)N2CC(O)C2)c1Br. The van der Waals surface area contributed by atoms with Gasteiger partial charge in [-0.15, -0.1) is 0 Å². The minimum atomic E-state index is -0.366. The average molecular weight is 260 g/mol. The summed E-state index contributed by atoms with van der Waals surface area (Å²) in [4.78, 5) is 13.3. The maximum absolute atomic E-state index is 11.7. The van der Waals surface area contributed by atoms with Crippen molar-refractivity contribution in [1.82, 2.24) is 14.7 Å². The Hall–Kier alpha value is -0.880. The van der Waals surface area contributed by atoms with Crippen molar-refractivity contribution in [3.8, 4) is 0 Å². The van der Waals surface area contributed by atoms with Crippen LogP contribution in [-0.4, -0.2) is 44.9 Å². The number of nitrogens with zero attached hydrogens (tertiary/aromatic N) is 3. The van der Waals surface area contributed by atoms with Crippen molar-refractivity contribution in [3.63, 3.8) is 0 Å². The highest BCUT2D eigenvalue weighted by molar-refractivity contribution is 9.10. The predicted molar refractivity (Wildman–Crippen MR) is 52.8 cm³/mol. The third-order valence-electron chi connectivity index (χ3n) is 2.25. The Morgan fingerprint density at radius 3 is 2.79 bits per heavy atom. The van der Waals surface area contributed by atoms with Crippen molar-refractivity contribution in [2.45, 2.75) is 6.10 Å². The van der Waals surface area contributed by atoms with Gasteiger partial charge in [-0.1, -0.05) is 0 Å².